The number of piperazine rings is 1. The lowest BCUT2D eigenvalue weighted by molar-refractivity contribution is 0.0304. The average Bonchev–Trinajstić information content (AvgIpc) is 2.92. The maximum atomic E-state index is 13.4. The number of fused-ring (bicyclic) bond motifs is 1. The summed E-state index contributed by atoms with van der Waals surface area (Å²) in [6, 6.07) is 17.6. The van der Waals surface area contributed by atoms with Gasteiger partial charge in [-0.15, -0.1) is 0 Å². The number of sulfonamides is 1. The van der Waals surface area contributed by atoms with Gasteiger partial charge in [-0.2, -0.15) is 9.57 Å². The van der Waals surface area contributed by atoms with E-state index in [1.807, 2.05) is 41.3 Å². The van der Waals surface area contributed by atoms with E-state index in [4.69, 9.17) is 9.72 Å². The van der Waals surface area contributed by atoms with Gasteiger partial charge in [0.2, 0.25) is 10.0 Å². The van der Waals surface area contributed by atoms with Gasteiger partial charge < -0.3 is 14.5 Å². The highest BCUT2D eigenvalue weighted by atomic mass is 32.2. The van der Waals surface area contributed by atoms with Gasteiger partial charge in [0.25, 0.3) is 5.91 Å². The highest BCUT2D eigenvalue weighted by Crippen LogP contribution is 2.27. The number of nitrogens with zero attached hydrogens (tertiary/aromatic N) is 5. The van der Waals surface area contributed by atoms with Crippen molar-refractivity contribution in [2.75, 3.05) is 57.4 Å². The van der Waals surface area contributed by atoms with Gasteiger partial charge in [0.05, 0.1) is 34.8 Å². The largest absolute Gasteiger partial charge is 0.378 e. The van der Waals surface area contributed by atoms with Crippen LogP contribution < -0.4 is 4.90 Å². The van der Waals surface area contributed by atoms with Gasteiger partial charge in [0.15, 0.2) is 0 Å². The zero-order chi connectivity index (χ0) is 24.4. The quantitative estimate of drug-likeness (QED) is 0.550. The summed E-state index contributed by atoms with van der Waals surface area (Å²) >= 11 is 0. The smallest absolute Gasteiger partial charge is 0.254 e. The van der Waals surface area contributed by atoms with Crippen molar-refractivity contribution >= 4 is 32.7 Å². The molecule has 0 bridgehead atoms. The van der Waals surface area contributed by atoms with Crippen LogP contribution in [-0.4, -0.2) is 81.0 Å². The van der Waals surface area contributed by atoms with E-state index >= 15 is 0 Å². The molecular weight excluding hydrogens is 466 g/mol. The summed E-state index contributed by atoms with van der Waals surface area (Å²) in [4.78, 5) is 22.0. The first-order valence-electron chi connectivity index (χ1n) is 11.5. The molecular formula is C25H25N5O4S. The number of aromatic nitrogens is 1. The summed E-state index contributed by atoms with van der Waals surface area (Å²) in [5, 5.41) is 10.1. The molecule has 2 aliphatic rings. The lowest BCUT2D eigenvalue weighted by Gasteiger charge is -2.35. The van der Waals surface area contributed by atoms with Crippen LogP contribution in [0, 0.1) is 11.3 Å². The molecule has 1 aromatic heterocycles. The summed E-state index contributed by atoms with van der Waals surface area (Å²) in [5.41, 5.74) is 1.45. The molecule has 2 aliphatic heterocycles. The molecule has 10 heteroatoms. The van der Waals surface area contributed by atoms with Gasteiger partial charge in [-0.3, -0.25) is 4.79 Å². The Hall–Kier alpha value is -3.52. The van der Waals surface area contributed by atoms with Crippen LogP contribution in [0.1, 0.15) is 15.9 Å². The molecule has 0 N–H and O–H groups in total. The molecule has 2 saturated heterocycles. The number of hydrogen-bond donors (Lipinski definition) is 0. The number of para-hydroxylation sites is 1. The molecule has 9 nitrogen and oxygen atoms in total. The van der Waals surface area contributed by atoms with Crippen LogP contribution in [-0.2, 0) is 14.8 Å². The van der Waals surface area contributed by atoms with Crippen LogP contribution in [0.3, 0.4) is 0 Å². The highest BCUT2D eigenvalue weighted by molar-refractivity contribution is 7.89. The Balaban J connectivity index is 1.40. The van der Waals surface area contributed by atoms with Gasteiger partial charge in [-0.25, -0.2) is 13.4 Å². The Morgan fingerprint density at radius 1 is 0.943 bits per heavy atom. The highest BCUT2D eigenvalue weighted by Gasteiger charge is 2.31. The predicted octanol–water partition coefficient (Wildman–Crippen LogP) is 2.09. The summed E-state index contributed by atoms with van der Waals surface area (Å²) in [5.74, 6) is 0.595. The minimum absolute atomic E-state index is 0.0261. The standard InChI is InChI=1S/C25H25N5O4S/c26-18-19-5-1-4-8-23(19)35(32,33)30-11-9-28(10-12-30)24-17-21(20-6-2-3-7-22(20)27-24)25(31)29-13-15-34-16-14-29/h1-8,17H,9-16H2. The van der Waals surface area contributed by atoms with Gasteiger partial charge in [0, 0.05) is 44.7 Å². The van der Waals surface area contributed by atoms with Gasteiger partial charge in [0.1, 0.15) is 11.9 Å². The number of amides is 1. The van der Waals surface area contributed by atoms with Gasteiger partial charge >= 0.3 is 0 Å². The van der Waals surface area contributed by atoms with Crippen molar-refractivity contribution in [3.05, 3.63) is 65.7 Å². The molecule has 5 rings (SSSR count). The van der Waals surface area contributed by atoms with Gasteiger partial charge in [-0.1, -0.05) is 30.3 Å². The molecule has 35 heavy (non-hydrogen) atoms. The van der Waals surface area contributed by atoms with Crippen LogP contribution in [0.15, 0.2) is 59.5 Å². The molecule has 0 radical (unpaired) electrons. The predicted molar refractivity (Wildman–Crippen MR) is 131 cm³/mol. The summed E-state index contributed by atoms with van der Waals surface area (Å²) in [7, 11) is -3.79. The molecule has 2 fully saturated rings. The summed E-state index contributed by atoms with van der Waals surface area (Å²) in [6.07, 6.45) is 0. The molecule has 0 unspecified atom stereocenters. The Morgan fingerprint density at radius 3 is 2.37 bits per heavy atom. The number of carbonyl (C=O) groups excluding carboxylic acids is 1. The third-order valence-corrected chi connectivity index (χ3v) is 8.38. The van der Waals surface area contributed by atoms with Crippen molar-refractivity contribution in [3.63, 3.8) is 0 Å². The van der Waals surface area contributed by atoms with Crippen LogP contribution >= 0.6 is 0 Å². The summed E-state index contributed by atoms with van der Waals surface area (Å²) in [6.45, 7) is 3.48. The van der Waals surface area contributed by atoms with Crippen molar-refractivity contribution in [1.82, 2.24) is 14.2 Å². The van der Waals surface area contributed by atoms with Crippen LogP contribution in [0.25, 0.3) is 10.9 Å². The zero-order valence-electron chi connectivity index (χ0n) is 19.1. The molecule has 3 heterocycles. The van der Waals surface area contributed by atoms with Gasteiger partial charge in [-0.05, 0) is 24.3 Å². The third-order valence-electron chi connectivity index (χ3n) is 6.42. The van der Waals surface area contributed by atoms with Crippen LogP contribution in [0.4, 0.5) is 5.82 Å². The van der Waals surface area contributed by atoms with E-state index in [2.05, 4.69) is 0 Å². The topological polar surface area (TPSA) is 107 Å². The maximum absolute atomic E-state index is 13.4. The van der Waals surface area contributed by atoms with E-state index in [1.165, 1.54) is 16.4 Å². The van der Waals surface area contributed by atoms with E-state index in [0.29, 0.717) is 50.8 Å². The van der Waals surface area contributed by atoms with E-state index in [0.717, 1.165) is 10.9 Å². The van der Waals surface area contributed by atoms with E-state index in [1.54, 1.807) is 17.0 Å². The molecule has 0 atom stereocenters. The second-order valence-corrected chi connectivity index (χ2v) is 10.4. The fourth-order valence-electron chi connectivity index (χ4n) is 4.52. The molecule has 2 aromatic carbocycles. The van der Waals surface area contributed by atoms with Crippen molar-refractivity contribution in [2.45, 2.75) is 4.90 Å². The first-order chi connectivity index (χ1) is 17.0. The van der Waals surface area contributed by atoms with E-state index in [-0.39, 0.29) is 29.5 Å². The van der Waals surface area contributed by atoms with E-state index < -0.39 is 10.0 Å². The lowest BCUT2D eigenvalue weighted by Crippen LogP contribution is -2.49. The number of ether oxygens (including phenoxy) is 1. The number of nitriles is 1. The first-order valence-corrected chi connectivity index (χ1v) is 12.9. The number of hydrogen-bond acceptors (Lipinski definition) is 7. The fourth-order valence-corrected chi connectivity index (χ4v) is 6.08. The molecule has 0 aliphatic carbocycles. The number of pyridine rings is 1. The average molecular weight is 492 g/mol. The number of morpholine rings is 1. The lowest BCUT2D eigenvalue weighted by atomic mass is 10.1. The van der Waals surface area contributed by atoms with Crippen molar-refractivity contribution < 1.29 is 17.9 Å². The molecule has 1 amide bonds. The first kappa shape index (κ1) is 23.2. The number of anilines is 1. The Morgan fingerprint density at radius 2 is 1.63 bits per heavy atom. The minimum Gasteiger partial charge on any atom is -0.378 e. The van der Waals surface area contributed by atoms with Crippen LogP contribution in [0.2, 0.25) is 0 Å². The Bertz CT molecular complexity index is 1400. The molecule has 0 saturated carbocycles. The zero-order valence-corrected chi connectivity index (χ0v) is 19.9. The van der Waals surface area contributed by atoms with Crippen molar-refractivity contribution in [1.29, 1.82) is 5.26 Å². The molecule has 0 spiro atoms. The third kappa shape index (κ3) is 4.46. The monoisotopic (exact) mass is 491 g/mol. The Labute approximate surface area is 204 Å². The second-order valence-electron chi connectivity index (χ2n) is 8.45. The molecule has 180 valence electrons. The summed E-state index contributed by atoms with van der Waals surface area (Å²) < 4.78 is 33.2. The second kappa shape index (κ2) is 9.62. The maximum Gasteiger partial charge on any atom is 0.254 e. The fraction of sp³-hybridized carbons (Fsp3) is 0.320. The normalized spacial score (nSPS) is 17.3. The van der Waals surface area contributed by atoms with Crippen LogP contribution in [0.5, 0.6) is 0 Å². The number of rotatable bonds is 4. The van der Waals surface area contributed by atoms with Crippen molar-refractivity contribution in [3.8, 4) is 6.07 Å². The van der Waals surface area contributed by atoms with E-state index in [9.17, 15) is 18.5 Å². The number of benzene rings is 2. The minimum atomic E-state index is -3.79. The molecule has 3 aromatic rings. The SMILES string of the molecule is N#Cc1ccccc1S(=O)(=O)N1CCN(c2cc(C(=O)N3CCOCC3)c3ccccc3n2)CC1. The number of carbonyl (C=O) groups is 1. The van der Waals surface area contributed by atoms with Crippen molar-refractivity contribution in [2.24, 2.45) is 0 Å². The Kier molecular flexibility index (Phi) is 6.38.